The van der Waals surface area contributed by atoms with E-state index in [4.69, 9.17) is 4.74 Å². The molecule has 1 saturated heterocycles. The molecular formula is C20H30IN5O4. The van der Waals surface area contributed by atoms with Crippen LogP contribution < -0.4 is 10.6 Å². The molecule has 1 atom stereocenters. The largest absolute Gasteiger partial charge is 0.453 e. The molecule has 0 aliphatic carbocycles. The van der Waals surface area contributed by atoms with Crippen molar-refractivity contribution in [1.29, 1.82) is 0 Å². The number of nitrogens with one attached hydrogen (secondary N) is 2. The Morgan fingerprint density at radius 3 is 2.53 bits per heavy atom. The van der Waals surface area contributed by atoms with E-state index in [-0.39, 0.29) is 36.1 Å². The van der Waals surface area contributed by atoms with Gasteiger partial charge in [-0.3, -0.25) is 10.3 Å². The highest BCUT2D eigenvalue weighted by Crippen LogP contribution is 2.19. The standard InChI is InChI=1S/C20H29N5O4.HI/c1-20(2,3)29-19(27)24-9-10-25-16(13-24)12-22-17(25)21-11-14-5-7-15(8-6-14)23-18(26)28-4;/h5-8,16H,9-13H2,1-4H3,(H,21,22)(H,23,26);1H. The van der Waals surface area contributed by atoms with Gasteiger partial charge in [0.2, 0.25) is 0 Å². The normalized spacial score (nSPS) is 18.0. The van der Waals surface area contributed by atoms with Crippen LogP contribution in [0.1, 0.15) is 26.3 Å². The smallest absolute Gasteiger partial charge is 0.411 e. The van der Waals surface area contributed by atoms with Crippen LogP contribution >= 0.6 is 24.0 Å². The van der Waals surface area contributed by atoms with Crippen molar-refractivity contribution in [3.8, 4) is 0 Å². The highest BCUT2D eigenvalue weighted by molar-refractivity contribution is 14.0. The van der Waals surface area contributed by atoms with Gasteiger partial charge in [0.15, 0.2) is 5.96 Å². The number of guanidine groups is 1. The molecule has 1 unspecified atom stereocenters. The predicted octanol–water partition coefficient (Wildman–Crippen LogP) is 2.86. The van der Waals surface area contributed by atoms with Crippen LogP contribution in [0.3, 0.4) is 0 Å². The van der Waals surface area contributed by atoms with Crippen molar-refractivity contribution in [2.45, 2.75) is 39.0 Å². The number of piperazine rings is 1. The Balaban J connectivity index is 0.00000320. The maximum absolute atomic E-state index is 12.3. The first-order valence-corrected chi connectivity index (χ1v) is 9.72. The van der Waals surface area contributed by atoms with E-state index in [2.05, 4.69) is 25.3 Å². The molecule has 2 aliphatic heterocycles. The van der Waals surface area contributed by atoms with Crippen molar-refractivity contribution in [2.75, 3.05) is 38.6 Å². The van der Waals surface area contributed by atoms with Gasteiger partial charge in [0, 0.05) is 31.9 Å². The van der Waals surface area contributed by atoms with Crippen molar-refractivity contribution >= 4 is 47.8 Å². The Morgan fingerprint density at radius 1 is 1.20 bits per heavy atom. The minimum Gasteiger partial charge on any atom is -0.453 e. The summed E-state index contributed by atoms with van der Waals surface area (Å²) in [7, 11) is 1.33. The van der Waals surface area contributed by atoms with E-state index in [1.165, 1.54) is 7.11 Å². The first-order chi connectivity index (χ1) is 13.7. The van der Waals surface area contributed by atoms with Gasteiger partial charge in [-0.25, -0.2) is 9.59 Å². The number of fused-ring (bicyclic) bond motifs is 1. The Labute approximate surface area is 194 Å². The maximum Gasteiger partial charge on any atom is 0.411 e. The Hall–Kier alpha value is -2.24. The van der Waals surface area contributed by atoms with Gasteiger partial charge < -0.3 is 24.6 Å². The number of halogens is 1. The first-order valence-electron chi connectivity index (χ1n) is 9.72. The van der Waals surface area contributed by atoms with Crippen LogP contribution in [-0.2, 0) is 16.0 Å². The predicted molar refractivity (Wildman–Crippen MR) is 125 cm³/mol. The van der Waals surface area contributed by atoms with Gasteiger partial charge in [-0.05, 0) is 38.5 Å². The third-order valence-electron chi connectivity index (χ3n) is 4.69. The number of nitrogens with zero attached hydrogens (tertiary/aromatic N) is 3. The molecule has 0 saturated carbocycles. The summed E-state index contributed by atoms with van der Waals surface area (Å²) in [6.45, 7) is 8.84. The van der Waals surface area contributed by atoms with Crippen LogP contribution in [0.5, 0.6) is 0 Å². The van der Waals surface area contributed by atoms with Gasteiger partial charge in [-0.1, -0.05) is 12.1 Å². The van der Waals surface area contributed by atoms with Crippen molar-refractivity contribution in [3.05, 3.63) is 29.8 Å². The maximum atomic E-state index is 12.3. The number of carbonyl (C=O) groups excluding carboxylic acids is 2. The Kier molecular flexibility index (Phi) is 8.16. The zero-order chi connectivity index (χ0) is 21.0. The van der Waals surface area contributed by atoms with Crippen LogP contribution in [-0.4, -0.2) is 72.9 Å². The highest BCUT2D eigenvalue weighted by Gasteiger charge is 2.36. The van der Waals surface area contributed by atoms with E-state index in [0.29, 0.717) is 31.9 Å². The van der Waals surface area contributed by atoms with Crippen molar-refractivity contribution < 1.29 is 19.1 Å². The topological polar surface area (TPSA) is 95.5 Å². The average molecular weight is 531 g/mol. The SMILES string of the molecule is COC(=O)Nc1ccc(CNC2=NCC3CN(C(=O)OC(C)(C)C)CCN23)cc1.I. The van der Waals surface area contributed by atoms with E-state index in [1.54, 1.807) is 4.90 Å². The molecule has 2 heterocycles. The number of amides is 2. The van der Waals surface area contributed by atoms with Gasteiger partial charge in [0.25, 0.3) is 0 Å². The number of methoxy groups -OCH3 is 1. The lowest BCUT2D eigenvalue weighted by molar-refractivity contribution is 0.0137. The summed E-state index contributed by atoms with van der Waals surface area (Å²) < 4.78 is 10.1. The molecule has 0 spiro atoms. The average Bonchev–Trinajstić information content (AvgIpc) is 3.08. The number of rotatable bonds is 3. The fourth-order valence-corrected chi connectivity index (χ4v) is 3.28. The summed E-state index contributed by atoms with van der Waals surface area (Å²) in [6.07, 6.45) is -0.757. The molecule has 2 aliphatic rings. The van der Waals surface area contributed by atoms with Gasteiger partial charge in [-0.15, -0.1) is 24.0 Å². The number of carbonyl (C=O) groups is 2. The summed E-state index contributed by atoms with van der Waals surface area (Å²) in [5.41, 5.74) is 1.26. The van der Waals surface area contributed by atoms with Crippen molar-refractivity contribution in [2.24, 2.45) is 4.99 Å². The molecule has 2 N–H and O–H groups in total. The molecule has 166 valence electrons. The van der Waals surface area contributed by atoms with Gasteiger partial charge >= 0.3 is 12.2 Å². The van der Waals surface area contributed by atoms with Crippen LogP contribution in [0.15, 0.2) is 29.3 Å². The zero-order valence-electron chi connectivity index (χ0n) is 17.8. The van der Waals surface area contributed by atoms with Crippen molar-refractivity contribution in [1.82, 2.24) is 15.1 Å². The zero-order valence-corrected chi connectivity index (χ0v) is 20.1. The lowest BCUT2D eigenvalue weighted by atomic mass is 10.2. The number of aliphatic imine (C=N–C) groups is 1. The summed E-state index contributed by atoms with van der Waals surface area (Å²) in [4.78, 5) is 32.1. The van der Waals surface area contributed by atoms with Crippen LogP contribution in [0, 0.1) is 0 Å². The third kappa shape index (κ3) is 6.38. The fraction of sp³-hybridized carbons (Fsp3) is 0.550. The molecule has 2 amide bonds. The van der Waals surface area contributed by atoms with Gasteiger partial charge in [0.05, 0.1) is 19.7 Å². The summed E-state index contributed by atoms with van der Waals surface area (Å²) >= 11 is 0. The molecular weight excluding hydrogens is 501 g/mol. The molecule has 9 nitrogen and oxygen atoms in total. The molecule has 30 heavy (non-hydrogen) atoms. The van der Waals surface area contributed by atoms with Crippen molar-refractivity contribution in [3.63, 3.8) is 0 Å². The fourth-order valence-electron chi connectivity index (χ4n) is 3.28. The number of anilines is 1. The van der Waals surface area contributed by atoms with Gasteiger partial charge in [-0.2, -0.15) is 0 Å². The number of ether oxygens (including phenoxy) is 2. The molecule has 3 rings (SSSR count). The number of hydrogen-bond donors (Lipinski definition) is 2. The Morgan fingerprint density at radius 2 is 1.90 bits per heavy atom. The van der Waals surface area contributed by atoms with E-state index < -0.39 is 11.7 Å². The summed E-state index contributed by atoms with van der Waals surface area (Å²) in [6, 6.07) is 7.70. The monoisotopic (exact) mass is 531 g/mol. The molecule has 0 radical (unpaired) electrons. The second kappa shape index (κ2) is 10.2. The van der Waals surface area contributed by atoms with Crippen LogP contribution in [0.4, 0.5) is 15.3 Å². The van der Waals surface area contributed by atoms with Crippen LogP contribution in [0.25, 0.3) is 0 Å². The summed E-state index contributed by atoms with van der Waals surface area (Å²) in [5.74, 6) is 0.857. The number of hydrogen-bond acceptors (Lipinski definition) is 7. The molecule has 1 fully saturated rings. The van der Waals surface area contributed by atoms with E-state index in [1.807, 2.05) is 45.0 Å². The lowest BCUT2D eigenvalue weighted by Gasteiger charge is -2.39. The molecule has 0 aromatic heterocycles. The lowest BCUT2D eigenvalue weighted by Crippen LogP contribution is -2.57. The van der Waals surface area contributed by atoms with E-state index in [0.717, 1.165) is 18.1 Å². The molecule has 1 aromatic carbocycles. The number of benzene rings is 1. The van der Waals surface area contributed by atoms with Crippen LogP contribution in [0.2, 0.25) is 0 Å². The van der Waals surface area contributed by atoms with E-state index in [9.17, 15) is 9.59 Å². The van der Waals surface area contributed by atoms with E-state index >= 15 is 0 Å². The molecule has 1 aromatic rings. The first kappa shape index (κ1) is 24.0. The molecule has 0 bridgehead atoms. The van der Waals surface area contributed by atoms with Gasteiger partial charge in [0.1, 0.15) is 5.60 Å². The third-order valence-corrected chi connectivity index (χ3v) is 4.69. The molecule has 10 heteroatoms. The summed E-state index contributed by atoms with van der Waals surface area (Å²) in [5, 5.41) is 6.00. The Bertz CT molecular complexity index is 778. The second-order valence-electron chi connectivity index (χ2n) is 8.10. The minimum absolute atomic E-state index is 0. The quantitative estimate of drug-likeness (QED) is 0.583. The highest BCUT2D eigenvalue weighted by atomic mass is 127. The minimum atomic E-state index is -0.493. The second-order valence-corrected chi connectivity index (χ2v) is 8.10.